The molecule has 0 unspecified atom stereocenters. The average molecular weight is 290 g/mol. The Kier molecular flexibility index (Phi) is 4.05. The van der Waals surface area contributed by atoms with E-state index in [-0.39, 0.29) is 11.5 Å². The second-order valence-electron chi connectivity index (χ2n) is 6.75. The van der Waals surface area contributed by atoms with Gasteiger partial charge in [0.05, 0.1) is 6.04 Å². The van der Waals surface area contributed by atoms with E-state index in [1.165, 1.54) is 25.7 Å². The molecule has 0 atom stereocenters. The molecule has 0 aromatic rings. The first kappa shape index (κ1) is 14.6. The van der Waals surface area contributed by atoms with Gasteiger partial charge in [0.25, 0.3) is 5.91 Å². The van der Waals surface area contributed by atoms with Crippen LogP contribution in [0.15, 0.2) is 16.1 Å². The predicted octanol–water partition coefficient (Wildman–Crippen LogP) is 3.25. The van der Waals surface area contributed by atoms with Crippen LogP contribution in [0.25, 0.3) is 0 Å². The number of carbonyl (C=O) groups excluding carboxylic acids is 1. The lowest BCUT2D eigenvalue weighted by Gasteiger charge is -2.34. The average Bonchev–Trinajstić information content (AvgIpc) is 2.73. The monoisotopic (exact) mass is 290 g/mol. The Morgan fingerprint density at radius 1 is 1.14 bits per heavy atom. The van der Waals surface area contributed by atoms with Gasteiger partial charge in [0.1, 0.15) is 11.2 Å². The molecule has 2 aliphatic carbocycles. The minimum absolute atomic E-state index is 0.296. The zero-order valence-electron chi connectivity index (χ0n) is 13.0. The van der Waals surface area contributed by atoms with Gasteiger partial charge in [-0.3, -0.25) is 4.79 Å². The number of ether oxygens (including phenoxy) is 1. The van der Waals surface area contributed by atoms with Crippen LogP contribution in [0.5, 0.6) is 0 Å². The lowest BCUT2D eigenvalue weighted by atomic mass is 9.79. The number of hydrogen-bond donors (Lipinski definition) is 1. The molecule has 3 aliphatic rings. The van der Waals surface area contributed by atoms with E-state index in [1.807, 2.05) is 6.92 Å². The Balaban J connectivity index is 1.90. The van der Waals surface area contributed by atoms with E-state index in [9.17, 15) is 4.79 Å². The quantitative estimate of drug-likeness (QED) is 0.848. The highest BCUT2D eigenvalue weighted by atomic mass is 16.5. The zero-order valence-corrected chi connectivity index (χ0v) is 13.0. The van der Waals surface area contributed by atoms with Gasteiger partial charge >= 0.3 is 0 Å². The SMILES string of the molecule is CC1=C(C(N)=O)C(=NC2CCCCC2)OC12CCCCC2. The highest BCUT2D eigenvalue weighted by Crippen LogP contribution is 2.44. The van der Waals surface area contributed by atoms with Crippen molar-refractivity contribution in [2.75, 3.05) is 0 Å². The molecular weight excluding hydrogens is 264 g/mol. The minimum Gasteiger partial charge on any atom is -0.466 e. The topological polar surface area (TPSA) is 64.7 Å². The predicted molar refractivity (Wildman–Crippen MR) is 83.1 cm³/mol. The number of aliphatic imine (C=N–C) groups is 1. The maximum atomic E-state index is 11.9. The summed E-state index contributed by atoms with van der Waals surface area (Å²) in [6.07, 6.45) is 11.5. The van der Waals surface area contributed by atoms with Gasteiger partial charge in [-0.1, -0.05) is 25.7 Å². The van der Waals surface area contributed by atoms with E-state index in [1.54, 1.807) is 0 Å². The third-order valence-corrected chi connectivity index (χ3v) is 5.35. The molecule has 2 saturated carbocycles. The molecule has 21 heavy (non-hydrogen) atoms. The molecule has 116 valence electrons. The standard InChI is InChI=1S/C17H26N2O2/c1-12-14(15(18)20)16(19-13-8-4-2-5-9-13)21-17(12)10-6-3-7-11-17/h13H,2-11H2,1H3,(H2,18,20). The lowest BCUT2D eigenvalue weighted by Crippen LogP contribution is -2.33. The van der Waals surface area contributed by atoms with Crippen LogP contribution in [-0.2, 0) is 9.53 Å². The summed E-state index contributed by atoms with van der Waals surface area (Å²) < 4.78 is 6.25. The lowest BCUT2D eigenvalue weighted by molar-refractivity contribution is -0.114. The van der Waals surface area contributed by atoms with Crippen LogP contribution in [0.4, 0.5) is 0 Å². The summed E-state index contributed by atoms with van der Waals surface area (Å²) in [5.74, 6) is 0.151. The summed E-state index contributed by atoms with van der Waals surface area (Å²) in [7, 11) is 0. The molecule has 0 radical (unpaired) electrons. The van der Waals surface area contributed by atoms with Crippen molar-refractivity contribution >= 4 is 11.8 Å². The molecule has 3 rings (SSSR count). The largest absolute Gasteiger partial charge is 0.466 e. The van der Waals surface area contributed by atoms with E-state index >= 15 is 0 Å². The highest BCUT2D eigenvalue weighted by Gasteiger charge is 2.46. The van der Waals surface area contributed by atoms with Gasteiger partial charge in [-0.2, -0.15) is 0 Å². The molecule has 1 spiro atoms. The molecule has 0 aromatic heterocycles. The van der Waals surface area contributed by atoms with Gasteiger partial charge in [-0.15, -0.1) is 0 Å². The molecule has 4 heteroatoms. The number of amides is 1. The van der Waals surface area contributed by atoms with Crippen LogP contribution < -0.4 is 5.73 Å². The maximum Gasteiger partial charge on any atom is 0.254 e. The Labute approximate surface area is 126 Å². The zero-order chi connectivity index (χ0) is 14.9. The minimum atomic E-state index is -0.385. The number of nitrogens with two attached hydrogens (primary N) is 1. The van der Waals surface area contributed by atoms with Crippen molar-refractivity contribution in [3.63, 3.8) is 0 Å². The Bertz CT molecular complexity index is 481. The van der Waals surface area contributed by atoms with Gasteiger partial charge in [-0.25, -0.2) is 4.99 Å². The molecule has 1 aliphatic heterocycles. The van der Waals surface area contributed by atoms with Crippen molar-refractivity contribution in [2.24, 2.45) is 10.7 Å². The molecule has 1 amide bonds. The van der Waals surface area contributed by atoms with Crippen LogP contribution in [0.3, 0.4) is 0 Å². The number of carbonyl (C=O) groups is 1. The van der Waals surface area contributed by atoms with Crippen LogP contribution in [0.2, 0.25) is 0 Å². The van der Waals surface area contributed by atoms with E-state index < -0.39 is 0 Å². The summed E-state index contributed by atoms with van der Waals surface area (Å²) in [6.45, 7) is 2.01. The Morgan fingerprint density at radius 3 is 2.38 bits per heavy atom. The smallest absolute Gasteiger partial charge is 0.254 e. The molecular formula is C17H26N2O2. The van der Waals surface area contributed by atoms with E-state index in [2.05, 4.69) is 0 Å². The second kappa shape index (κ2) is 5.82. The fraction of sp³-hybridized carbons (Fsp3) is 0.765. The number of rotatable bonds is 2. The van der Waals surface area contributed by atoms with Gasteiger partial charge < -0.3 is 10.5 Å². The maximum absolute atomic E-state index is 11.9. The first-order valence-corrected chi connectivity index (χ1v) is 8.41. The highest BCUT2D eigenvalue weighted by molar-refractivity contribution is 6.20. The molecule has 0 aromatic carbocycles. The summed E-state index contributed by atoms with van der Waals surface area (Å²) in [5.41, 5.74) is 6.90. The molecule has 0 saturated heterocycles. The summed E-state index contributed by atoms with van der Waals surface area (Å²) >= 11 is 0. The van der Waals surface area contributed by atoms with E-state index in [0.29, 0.717) is 17.5 Å². The third-order valence-electron chi connectivity index (χ3n) is 5.35. The van der Waals surface area contributed by atoms with Crippen LogP contribution in [-0.4, -0.2) is 23.4 Å². The number of primary amides is 1. The first-order chi connectivity index (χ1) is 10.1. The van der Waals surface area contributed by atoms with Crippen molar-refractivity contribution in [2.45, 2.75) is 82.8 Å². The van der Waals surface area contributed by atoms with Crippen LogP contribution in [0, 0.1) is 0 Å². The summed E-state index contributed by atoms with van der Waals surface area (Å²) in [5, 5.41) is 0. The van der Waals surface area contributed by atoms with Gasteiger partial charge in [-0.05, 0) is 51.0 Å². The van der Waals surface area contributed by atoms with E-state index in [0.717, 1.165) is 44.1 Å². The molecule has 4 nitrogen and oxygen atoms in total. The van der Waals surface area contributed by atoms with Crippen LogP contribution >= 0.6 is 0 Å². The normalized spacial score (nSPS) is 28.1. The Morgan fingerprint density at radius 2 is 1.76 bits per heavy atom. The first-order valence-electron chi connectivity index (χ1n) is 8.41. The summed E-state index contributed by atoms with van der Waals surface area (Å²) in [4.78, 5) is 16.7. The summed E-state index contributed by atoms with van der Waals surface area (Å²) in [6, 6.07) is 0.301. The Hall–Kier alpha value is -1.32. The molecule has 2 N–H and O–H groups in total. The van der Waals surface area contributed by atoms with Gasteiger partial charge in [0.15, 0.2) is 0 Å². The third kappa shape index (κ3) is 2.72. The van der Waals surface area contributed by atoms with Crippen molar-refractivity contribution in [1.29, 1.82) is 0 Å². The van der Waals surface area contributed by atoms with E-state index in [4.69, 9.17) is 15.5 Å². The second-order valence-corrected chi connectivity index (χ2v) is 6.75. The van der Waals surface area contributed by atoms with Gasteiger partial charge in [0.2, 0.25) is 5.90 Å². The van der Waals surface area contributed by atoms with Crippen molar-refractivity contribution < 1.29 is 9.53 Å². The molecule has 0 bridgehead atoms. The van der Waals surface area contributed by atoms with Crippen molar-refractivity contribution in [3.8, 4) is 0 Å². The fourth-order valence-electron chi connectivity index (χ4n) is 4.06. The fourth-order valence-corrected chi connectivity index (χ4v) is 4.06. The van der Waals surface area contributed by atoms with Crippen molar-refractivity contribution in [1.82, 2.24) is 0 Å². The number of nitrogens with zero attached hydrogens (tertiary/aromatic N) is 1. The van der Waals surface area contributed by atoms with Gasteiger partial charge in [0, 0.05) is 0 Å². The number of hydrogen-bond acceptors (Lipinski definition) is 3. The van der Waals surface area contributed by atoms with Crippen LogP contribution in [0.1, 0.15) is 71.1 Å². The molecule has 1 heterocycles. The molecule has 2 fully saturated rings. The van der Waals surface area contributed by atoms with Crippen molar-refractivity contribution in [3.05, 3.63) is 11.1 Å².